The van der Waals surface area contributed by atoms with Gasteiger partial charge in [0.1, 0.15) is 0 Å². The van der Waals surface area contributed by atoms with Crippen molar-refractivity contribution >= 4 is 10.0 Å². The largest absolute Gasteiger partial charge is 0.215 e. The van der Waals surface area contributed by atoms with Gasteiger partial charge in [0, 0.05) is 6.54 Å². The van der Waals surface area contributed by atoms with E-state index in [-0.39, 0.29) is 12.2 Å². The number of nitrogens with one attached hydrogen (secondary N) is 1. The van der Waals surface area contributed by atoms with Crippen molar-refractivity contribution in [2.45, 2.75) is 13.3 Å². The van der Waals surface area contributed by atoms with Gasteiger partial charge < -0.3 is 0 Å². The van der Waals surface area contributed by atoms with Gasteiger partial charge in [0.15, 0.2) is 0 Å². The summed E-state index contributed by atoms with van der Waals surface area (Å²) >= 11 is 0. The molecule has 5 heteroatoms. The zero-order valence-electron chi connectivity index (χ0n) is 5.79. The minimum Gasteiger partial charge on any atom is -0.215 e. The molecule has 0 aliphatic rings. The van der Waals surface area contributed by atoms with E-state index in [0.29, 0.717) is 6.54 Å². The Hall–Kier alpha value is -0.600. The molecule has 4 nitrogen and oxygen atoms in total. The van der Waals surface area contributed by atoms with E-state index < -0.39 is 10.0 Å². The molecular weight excluding hydrogens is 152 g/mol. The molecule has 58 valence electrons. The first-order chi connectivity index (χ1) is 4.62. The Balaban J connectivity index is 3.80. The van der Waals surface area contributed by atoms with Crippen LogP contribution < -0.4 is 4.72 Å². The molecule has 0 aliphatic heterocycles. The summed E-state index contributed by atoms with van der Waals surface area (Å²) in [6, 6.07) is 1.76. The highest BCUT2D eigenvalue weighted by atomic mass is 32.2. The maximum atomic E-state index is 10.7. The quantitative estimate of drug-likeness (QED) is 0.624. The highest BCUT2D eigenvalue weighted by Gasteiger charge is 2.05. The van der Waals surface area contributed by atoms with Crippen molar-refractivity contribution in [1.29, 1.82) is 5.26 Å². The van der Waals surface area contributed by atoms with Crippen LogP contribution in [0.4, 0.5) is 0 Å². The second kappa shape index (κ2) is 4.25. The molecule has 0 bridgehead atoms. The number of rotatable bonds is 4. The van der Waals surface area contributed by atoms with Crippen LogP contribution >= 0.6 is 0 Å². The Morgan fingerprint density at radius 1 is 1.60 bits per heavy atom. The summed E-state index contributed by atoms with van der Waals surface area (Å²) < 4.78 is 23.7. The summed E-state index contributed by atoms with van der Waals surface area (Å²) in [4.78, 5) is 0. The van der Waals surface area contributed by atoms with E-state index in [1.807, 2.05) is 0 Å². The van der Waals surface area contributed by atoms with Crippen LogP contribution in [0.25, 0.3) is 0 Å². The summed E-state index contributed by atoms with van der Waals surface area (Å²) in [5.41, 5.74) is 0. The van der Waals surface area contributed by atoms with Crippen LogP contribution in [0, 0.1) is 11.3 Å². The third-order valence-corrected chi connectivity index (χ3v) is 2.32. The molecule has 0 aromatic carbocycles. The normalized spacial score (nSPS) is 10.8. The molecule has 10 heavy (non-hydrogen) atoms. The van der Waals surface area contributed by atoms with Crippen LogP contribution in [-0.2, 0) is 10.0 Å². The minimum atomic E-state index is -3.17. The number of hydrogen-bond donors (Lipinski definition) is 1. The number of hydrogen-bond acceptors (Lipinski definition) is 3. The average molecular weight is 162 g/mol. The molecule has 0 rings (SSSR count). The van der Waals surface area contributed by atoms with Gasteiger partial charge in [0.25, 0.3) is 0 Å². The average Bonchev–Trinajstić information content (AvgIpc) is 1.84. The summed E-state index contributed by atoms with van der Waals surface area (Å²) in [7, 11) is -3.17. The van der Waals surface area contributed by atoms with Crippen molar-refractivity contribution < 1.29 is 8.42 Å². The molecule has 0 radical (unpaired) electrons. The van der Waals surface area contributed by atoms with Crippen molar-refractivity contribution in [1.82, 2.24) is 4.72 Å². The van der Waals surface area contributed by atoms with E-state index >= 15 is 0 Å². The van der Waals surface area contributed by atoms with Gasteiger partial charge in [-0.2, -0.15) is 5.26 Å². The standard InChI is InChI=1S/C5H10N2O2S/c1-2-7-10(8,9)5-3-4-6/h7H,2-3,5H2,1H3. The van der Waals surface area contributed by atoms with Gasteiger partial charge in [-0.3, -0.25) is 0 Å². The first-order valence-corrected chi connectivity index (χ1v) is 4.62. The predicted molar refractivity (Wildman–Crippen MR) is 37.7 cm³/mol. The molecule has 0 amide bonds. The van der Waals surface area contributed by atoms with Crippen molar-refractivity contribution in [3.63, 3.8) is 0 Å². The van der Waals surface area contributed by atoms with Crippen molar-refractivity contribution in [2.75, 3.05) is 12.3 Å². The van der Waals surface area contributed by atoms with E-state index in [1.54, 1.807) is 13.0 Å². The van der Waals surface area contributed by atoms with Gasteiger partial charge in [-0.05, 0) is 0 Å². The second-order valence-corrected chi connectivity index (χ2v) is 3.65. The lowest BCUT2D eigenvalue weighted by Crippen LogP contribution is -2.25. The summed E-state index contributed by atoms with van der Waals surface area (Å²) in [6.07, 6.45) is 0.0509. The molecule has 0 heterocycles. The molecule has 0 atom stereocenters. The molecule has 0 aromatic rings. The maximum Gasteiger partial charge on any atom is 0.212 e. The first kappa shape index (κ1) is 9.40. The molecule has 0 aliphatic carbocycles. The van der Waals surface area contributed by atoms with Crippen LogP contribution in [0.5, 0.6) is 0 Å². The molecule has 1 N–H and O–H groups in total. The first-order valence-electron chi connectivity index (χ1n) is 2.96. The zero-order valence-corrected chi connectivity index (χ0v) is 6.61. The van der Waals surface area contributed by atoms with Crippen LogP contribution in [0.1, 0.15) is 13.3 Å². The Morgan fingerprint density at radius 2 is 2.20 bits per heavy atom. The molecule has 0 fully saturated rings. The van der Waals surface area contributed by atoms with Crippen LogP contribution in [-0.4, -0.2) is 20.7 Å². The highest BCUT2D eigenvalue weighted by molar-refractivity contribution is 7.89. The summed E-state index contributed by atoms with van der Waals surface area (Å²) in [5.74, 6) is -0.0999. The molecule has 0 saturated heterocycles. The van der Waals surface area contributed by atoms with Crippen LogP contribution in [0.15, 0.2) is 0 Å². The summed E-state index contributed by atoms with van der Waals surface area (Å²) in [6.45, 7) is 2.08. The molecular formula is C5H10N2O2S. The smallest absolute Gasteiger partial charge is 0.212 e. The Labute approximate surface area is 60.9 Å². The van der Waals surface area contributed by atoms with Crippen molar-refractivity contribution in [3.8, 4) is 6.07 Å². The molecule has 0 spiro atoms. The van der Waals surface area contributed by atoms with Crippen LogP contribution in [0.2, 0.25) is 0 Å². The SMILES string of the molecule is CCNS(=O)(=O)CCC#N. The number of nitrogens with zero attached hydrogens (tertiary/aromatic N) is 1. The van der Waals surface area contributed by atoms with Crippen LogP contribution in [0.3, 0.4) is 0 Å². The third-order valence-electron chi connectivity index (χ3n) is 0.847. The van der Waals surface area contributed by atoms with E-state index in [1.165, 1.54) is 0 Å². The van der Waals surface area contributed by atoms with Gasteiger partial charge in [-0.25, -0.2) is 13.1 Å². The Morgan fingerprint density at radius 3 is 2.60 bits per heavy atom. The monoisotopic (exact) mass is 162 g/mol. The fraction of sp³-hybridized carbons (Fsp3) is 0.800. The van der Waals surface area contributed by atoms with E-state index in [0.717, 1.165) is 0 Å². The summed E-state index contributed by atoms with van der Waals surface area (Å²) in [5, 5.41) is 8.06. The van der Waals surface area contributed by atoms with E-state index in [4.69, 9.17) is 5.26 Å². The minimum absolute atomic E-state index is 0.0509. The van der Waals surface area contributed by atoms with Gasteiger partial charge in [0.2, 0.25) is 10.0 Å². The van der Waals surface area contributed by atoms with E-state index in [9.17, 15) is 8.42 Å². The van der Waals surface area contributed by atoms with Crippen molar-refractivity contribution in [3.05, 3.63) is 0 Å². The Bertz CT molecular complexity index is 214. The Kier molecular flexibility index (Phi) is 4.00. The molecule has 0 aromatic heterocycles. The second-order valence-electron chi connectivity index (χ2n) is 1.72. The maximum absolute atomic E-state index is 10.7. The van der Waals surface area contributed by atoms with E-state index in [2.05, 4.69) is 4.72 Å². The lowest BCUT2D eigenvalue weighted by Gasteiger charge is -1.98. The van der Waals surface area contributed by atoms with Gasteiger partial charge in [0.05, 0.1) is 18.2 Å². The lowest BCUT2D eigenvalue weighted by molar-refractivity contribution is 0.584. The zero-order chi connectivity index (χ0) is 8.04. The molecule has 0 unspecified atom stereocenters. The third kappa shape index (κ3) is 4.30. The van der Waals surface area contributed by atoms with Gasteiger partial charge in [-0.15, -0.1) is 0 Å². The predicted octanol–water partition coefficient (Wildman–Crippen LogP) is -0.161. The number of sulfonamides is 1. The topological polar surface area (TPSA) is 70.0 Å². The molecule has 0 saturated carbocycles. The fourth-order valence-corrected chi connectivity index (χ4v) is 1.42. The van der Waals surface area contributed by atoms with Crippen molar-refractivity contribution in [2.24, 2.45) is 0 Å². The van der Waals surface area contributed by atoms with Gasteiger partial charge in [-0.1, -0.05) is 6.92 Å². The fourth-order valence-electron chi connectivity index (χ4n) is 0.472. The van der Waals surface area contributed by atoms with Gasteiger partial charge >= 0.3 is 0 Å². The number of nitriles is 1. The lowest BCUT2D eigenvalue weighted by atomic mass is 10.6. The highest BCUT2D eigenvalue weighted by Crippen LogP contribution is 1.86.